The summed E-state index contributed by atoms with van der Waals surface area (Å²) in [5.41, 5.74) is 0.271. The molecule has 0 unspecified atom stereocenters. The molecule has 0 saturated heterocycles. The highest BCUT2D eigenvalue weighted by atomic mass is 79.9. The molecule has 0 radical (unpaired) electrons. The van der Waals surface area contributed by atoms with Gasteiger partial charge in [0.2, 0.25) is 0 Å². The molecule has 0 fully saturated rings. The van der Waals surface area contributed by atoms with Gasteiger partial charge in [0.15, 0.2) is 5.75 Å². The summed E-state index contributed by atoms with van der Waals surface area (Å²) in [5.74, 6) is -0.212. The fourth-order valence-corrected chi connectivity index (χ4v) is 2.06. The lowest BCUT2D eigenvalue weighted by Gasteiger charge is -2.07. The number of carbonyl (C=O) groups is 1. The maximum Gasteiger partial charge on any atom is 0.381 e. The van der Waals surface area contributed by atoms with Crippen LogP contribution >= 0.6 is 47.8 Å². The lowest BCUT2D eigenvalue weighted by Crippen LogP contribution is -2.08. The molecule has 0 aliphatic heterocycles. The van der Waals surface area contributed by atoms with E-state index in [9.17, 15) is 4.79 Å². The zero-order valence-corrected chi connectivity index (χ0v) is 13.0. The van der Waals surface area contributed by atoms with Crippen molar-refractivity contribution < 1.29 is 14.6 Å². The maximum atomic E-state index is 11.1. The molecule has 0 heterocycles. The molecule has 0 amide bonds. The molecule has 0 aliphatic carbocycles. The molecule has 0 bridgehead atoms. The van der Waals surface area contributed by atoms with Gasteiger partial charge in [-0.3, -0.25) is 4.89 Å². The smallest absolute Gasteiger partial charge is 0.285 e. The molecule has 0 spiro atoms. The zero-order chi connectivity index (χ0) is 12.3. The van der Waals surface area contributed by atoms with Crippen LogP contribution in [0.3, 0.4) is 0 Å². The summed E-state index contributed by atoms with van der Waals surface area (Å²) in [7, 11) is 0. The van der Waals surface area contributed by atoms with Gasteiger partial charge in [0.05, 0.1) is 4.47 Å². The van der Waals surface area contributed by atoms with Gasteiger partial charge in [0, 0.05) is 14.5 Å². The monoisotopic (exact) mass is 412 g/mol. The first-order valence-corrected chi connectivity index (χ1v) is 6.49. The topological polar surface area (TPSA) is 35.5 Å². The maximum absolute atomic E-state index is 11.1. The summed E-state index contributed by atoms with van der Waals surface area (Å²) in [6.45, 7) is 4.98. The van der Waals surface area contributed by atoms with Gasteiger partial charge in [-0.25, -0.2) is 9.68 Å². The summed E-state index contributed by atoms with van der Waals surface area (Å²) >= 11 is 9.97. The van der Waals surface area contributed by atoms with Gasteiger partial charge in [-0.1, -0.05) is 6.58 Å². The summed E-state index contributed by atoms with van der Waals surface area (Å²) in [4.78, 5) is 20.5. The van der Waals surface area contributed by atoms with E-state index in [1.807, 2.05) is 0 Å². The minimum absolute atomic E-state index is 0.271. The van der Waals surface area contributed by atoms with E-state index in [0.29, 0.717) is 10.2 Å². The Bertz CT molecular complexity index is 443. The van der Waals surface area contributed by atoms with Crippen LogP contribution in [0.1, 0.15) is 6.92 Å². The van der Waals surface area contributed by atoms with Crippen LogP contribution in [0.4, 0.5) is 0 Å². The molecule has 6 heteroatoms. The van der Waals surface area contributed by atoms with E-state index in [1.165, 1.54) is 6.92 Å². The van der Waals surface area contributed by atoms with Gasteiger partial charge < -0.3 is 0 Å². The minimum Gasteiger partial charge on any atom is -0.285 e. The first-order valence-electron chi connectivity index (χ1n) is 4.11. The highest BCUT2D eigenvalue weighted by Crippen LogP contribution is 2.37. The van der Waals surface area contributed by atoms with Crippen LogP contribution in [-0.4, -0.2) is 5.97 Å². The first kappa shape index (κ1) is 13.7. The van der Waals surface area contributed by atoms with E-state index in [0.717, 1.165) is 8.95 Å². The molecule has 0 aliphatic rings. The molecule has 0 aromatic heterocycles. The van der Waals surface area contributed by atoms with E-state index in [-0.39, 0.29) is 5.57 Å². The Morgan fingerprint density at radius 2 is 1.88 bits per heavy atom. The molecule has 16 heavy (non-hydrogen) atoms. The summed E-state index contributed by atoms with van der Waals surface area (Å²) < 4.78 is 2.28. The van der Waals surface area contributed by atoms with Crippen molar-refractivity contribution in [1.82, 2.24) is 0 Å². The average molecular weight is 415 g/mol. The average Bonchev–Trinajstić information content (AvgIpc) is 2.24. The third-order valence-corrected chi connectivity index (χ3v) is 4.89. The highest BCUT2D eigenvalue weighted by Gasteiger charge is 2.12. The molecule has 1 aromatic rings. The second-order valence-corrected chi connectivity index (χ2v) is 5.35. The summed E-state index contributed by atoms with van der Waals surface area (Å²) in [6.07, 6.45) is 0. The highest BCUT2D eigenvalue weighted by molar-refractivity contribution is 9.14. The third-order valence-electron chi connectivity index (χ3n) is 1.56. The van der Waals surface area contributed by atoms with Crippen LogP contribution in [0.15, 0.2) is 37.7 Å². The Kier molecular flexibility index (Phi) is 5.01. The van der Waals surface area contributed by atoms with Gasteiger partial charge in [-0.2, -0.15) is 0 Å². The van der Waals surface area contributed by atoms with Crippen molar-refractivity contribution in [3.05, 3.63) is 37.7 Å². The van der Waals surface area contributed by atoms with Crippen molar-refractivity contribution in [2.75, 3.05) is 0 Å². The first-order chi connectivity index (χ1) is 7.43. The SMILES string of the molecule is C=C(C)C(=O)OOc1ccc(Br)c(Br)c1Br. The van der Waals surface area contributed by atoms with Gasteiger partial charge in [0.25, 0.3) is 0 Å². The number of benzene rings is 1. The van der Waals surface area contributed by atoms with Crippen molar-refractivity contribution in [1.29, 1.82) is 0 Å². The van der Waals surface area contributed by atoms with Crippen molar-refractivity contribution >= 4 is 53.8 Å². The molecule has 0 saturated carbocycles. The van der Waals surface area contributed by atoms with Gasteiger partial charge >= 0.3 is 5.97 Å². The van der Waals surface area contributed by atoms with E-state index in [2.05, 4.69) is 59.3 Å². The number of halogens is 3. The quantitative estimate of drug-likeness (QED) is 0.318. The van der Waals surface area contributed by atoms with Crippen LogP contribution in [0, 0.1) is 0 Å². The third kappa shape index (κ3) is 3.33. The molecule has 86 valence electrons. The van der Waals surface area contributed by atoms with Crippen LogP contribution < -0.4 is 4.89 Å². The fourth-order valence-electron chi connectivity index (χ4n) is 0.726. The zero-order valence-electron chi connectivity index (χ0n) is 8.22. The lowest BCUT2D eigenvalue weighted by atomic mass is 10.3. The van der Waals surface area contributed by atoms with Crippen LogP contribution in [0.2, 0.25) is 0 Å². The van der Waals surface area contributed by atoms with E-state index in [1.54, 1.807) is 12.1 Å². The van der Waals surface area contributed by atoms with Crippen molar-refractivity contribution in [3.63, 3.8) is 0 Å². The minimum atomic E-state index is -0.606. The largest absolute Gasteiger partial charge is 0.381 e. The lowest BCUT2D eigenvalue weighted by molar-refractivity contribution is -0.208. The van der Waals surface area contributed by atoms with Crippen LogP contribution in [0.5, 0.6) is 5.75 Å². The molecule has 0 atom stereocenters. The number of hydrogen-bond donors (Lipinski definition) is 0. The van der Waals surface area contributed by atoms with Gasteiger partial charge in [-0.15, -0.1) is 0 Å². The predicted octanol–water partition coefficient (Wildman–Crippen LogP) is 4.39. The van der Waals surface area contributed by atoms with Gasteiger partial charge in [-0.05, 0) is 66.8 Å². The Hall–Kier alpha value is -0.330. The van der Waals surface area contributed by atoms with Crippen molar-refractivity contribution in [2.45, 2.75) is 6.92 Å². The summed E-state index contributed by atoms with van der Waals surface area (Å²) in [6, 6.07) is 3.42. The summed E-state index contributed by atoms with van der Waals surface area (Å²) in [5, 5.41) is 0. The number of carbonyl (C=O) groups excluding carboxylic acids is 1. The van der Waals surface area contributed by atoms with E-state index >= 15 is 0 Å². The standard InChI is InChI=1S/C10H7Br3O3/c1-5(2)10(14)16-15-7-4-3-6(11)8(12)9(7)13/h3-4H,1H2,2H3. The molecule has 1 aromatic carbocycles. The normalized spacial score (nSPS) is 9.75. The van der Waals surface area contributed by atoms with Crippen molar-refractivity contribution in [3.8, 4) is 5.75 Å². The second kappa shape index (κ2) is 5.84. The molecular formula is C10H7Br3O3. The Morgan fingerprint density at radius 1 is 1.25 bits per heavy atom. The molecule has 3 nitrogen and oxygen atoms in total. The van der Waals surface area contributed by atoms with Crippen molar-refractivity contribution in [2.24, 2.45) is 0 Å². The van der Waals surface area contributed by atoms with E-state index in [4.69, 9.17) is 4.89 Å². The second-order valence-electron chi connectivity index (χ2n) is 2.91. The van der Waals surface area contributed by atoms with Gasteiger partial charge in [0.1, 0.15) is 0 Å². The van der Waals surface area contributed by atoms with Crippen LogP contribution in [-0.2, 0) is 9.68 Å². The van der Waals surface area contributed by atoms with Crippen LogP contribution in [0.25, 0.3) is 0 Å². The molecular weight excluding hydrogens is 408 g/mol. The Balaban J connectivity index is 2.79. The Labute approximate surface area is 118 Å². The fraction of sp³-hybridized carbons (Fsp3) is 0.100. The Morgan fingerprint density at radius 3 is 2.44 bits per heavy atom. The van der Waals surface area contributed by atoms with E-state index < -0.39 is 5.97 Å². The molecule has 0 N–H and O–H groups in total. The predicted molar refractivity (Wildman–Crippen MR) is 71.1 cm³/mol. The number of hydrogen-bond acceptors (Lipinski definition) is 3. The number of rotatable bonds is 3. The molecule has 1 rings (SSSR count).